The predicted octanol–water partition coefficient (Wildman–Crippen LogP) is 4.05. The van der Waals surface area contributed by atoms with Gasteiger partial charge in [-0.1, -0.05) is 34.7 Å². The van der Waals surface area contributed by atoms with Crippen LogP contribution in [-0.2, 0) is 5.75 Å². The van der Waals surface area contributed by atoms with E-state index in [0.717, 1.165) is 11.3 Å². The minimum absolute atomic E-state index is 0.184. The molecule has 2 heterocycles. The molecule has 150 valence electrons. The smallest absolute Gasteiger partial charge is 0.278 e. The molecule has 0 atom stereocenters. The third-order valence-corrected chi connectivity index (χ3v) is 5.13. The van der Waals surface area contributed by atoms with E-state index in [1.54, 1.807) is 23.1 Å². The Hall–Kier alpha value is -3.59. The summed E-state index contributed by atoms with van der Waals surface area (Å²) in [6.45, 7) is 2.00. The molecule has 0 bridgehead atoms. The number of anilines is 1. The maximum Gasteiger partial charge on any atom is 0.278 e. The SMILES string of the molecule is Cc1ccc(-n2nnc(C(=O)Nc3ccc(F)cc3)c2CSc2ncccn2)cc1. The number of aryl methyl sites for hydroxylation is 1. The first-order valence-corrected chi connectivity index (χ1v) is 10.1. The third kappa shape index (κ3) is 4.52. The Labute approximate surface area is 176 Å². The molecule has 2 aromatic heterocycles. The second-order valence-electron chi connectivity index (χ2n) is 6.41. The van der Waals surface area contributed by atoms with Crippen molar-refractivity contribution < 1.29 is 9.18 Å². The zero-order valence-corrected chi connectivity index (χ0v) is 16.8. The van der Waals surface area contributed by atoms with Crippen LogP contribution in [0.15, 0.2) is 72.1 Å². The summed E-state index contributed by atoms with van der Waals surface area (Å²) in [4.78, 5) is 21.3. The summed E-state index contributed by atoms with van der Waals surface area (Å²) in [5.41, 5.74) is 3.16. The van der Waals surface area contributed by atoms with E-state index in [2.05, 4.69) is 25.6 Å². The fourth-order valence-electron chi connectivity index (χ4n) is 2.72. The van der Waals surface area contributed by atoms with E-state index >= 15 is 0 Å². The predicted molar refractivity (Wildman–Crippen MR) is 112 cm³/mol. The van der Waals surface area contributed by atoms with Gasteiger partial charge in [-0.25, -0.2) is 19.0 Å². The lowest BCUT2D eigenvalue weighted by Gasteiger charge is -2.09. The molecule has 0 unspecified atom stereocenters. The molecule has 0 aliphatic rings. The normalized spacial score (nSPS) is 10.7. The van der Waals surface area contributed by atoms with Gasteiger partial charge in [0.1, 0.15) is 5.82 Å². The highest BCUT2D eigenvalue weighted by molar-refractivity contribution is 7.98. The summed E-state index contributed by atoms with van der Waals surface area (Å²) in [7, 11) is 0. The number of thioether (sulfide) groups is 1. The van der Waals surface area contributed by atoms with Crippen molar-refractivity contribution in [1.82, 2.24) is 25.0 Å². The number of hydrogen-bond acceptors (Lipinski definition) is 6. The molecule has 0 aliphatic heterocycles. The fourth-order valence-corrected chi connectivity index (χ4v) is 3.51. The number of hydrogen-bond donors (Lipinski definition) is 1. The monoisotopic (exact) mass is 420 g/mol. The molecule has 9 heteroatoms. The van der Waals surface area contributed by atoms with Gasteiger partial charge in [0.15, 0.2) is 10.9 Å². The van der Waals surface area contributed by atoms with Crippen LogP contribution >= 0.6 is 11.8 Å². The Morgan fingerprint density at radius 2 is 1.77 bits per heavy atom. The third-order valence-electron chi connectivity index (χ3n) is 4.24. The maximum atomic E-state index is 13.1. The topological polar surface area (TPSA) is 85.6 Å². The van der Waals surface area contributed by atoms with Crippen LogP contribution in [0.4, 0.5) is 10.1 Å². The van der Waals surface area contributed by atoms with Crippen molar-refractivity contribution in [3.8, 4) is 5.69 Å². The molecule has 0 radical (unpaired) electrons. The molecule has 30 heavy (non-hydrogen) atoms. The van der Waals surface area contributed by atoms with Crippen LogP contribution in [0.2, 0.25) is 0 Å². The highest BCUT2D eigenvalue weighted by Crippen LogP contribution is 2.23. The minimum atomic E-state index is -0.426. The molecule has 0 saturated carbocycles. The first kappa shape index (κ1) is 19.7. The summed E-state index contributed by atoms with van der Waals surface area (Å²) in [6.07, 6.45) is 3.32. The lowest BCUT2D eigenvalue weighted by molar-refractivity contribution is 0.102. The van der Waals surface area contributed by atoms with Crippen LogP contribution in [0.5, 0.6) is 0 Å². The molecule has 4 aromatic rings. The van der Waals surface area contributed by atoms with E-state index < -0.39 is 5.91 Å². The van der Waals surface area contributed by atoms with E-state index in [-0.39, 0.29) is 11.5 Å². The van der Waals surface area contributed by atoms with Gasteiger partial charge >= 0.3 is 0 Å². The summed E-state index contributed by atoms with van der Waals surface area (Å²) in [5.74, 6) is -0.417. The summed E-state index contributed by atoms with van der Waals surface area (Å²) in [6, 6.07) is 15.0. The number of aromatic nitrogens is 5. The number of benzene rings is 2. The van der Waals surface area contributed by atoms with Crippen molar-refractivity contribution in [2.24, 2.45) is 0 Å². The number of carbonyl (C=O) groups excluding carboxylic acids is 1. The van der Waals surface area contributed by atoms with Crippen LogP contribution in [0.1, 0.15) is 21.7 Å². The van der Waals surface area contributed by atoms with Crippen molar-refractivity contribution in [2.45, 2.75) is 17.8 Å². The second-order valence-corrected chi connectivity index (χ2v) is 7.36. The average Bonchev–Trinajstić information content (AvgIpc) is 3.19. The Morgan fingerprint density at radius 1 is 1.07 bits per heavy atom. The fraction of sp³-hybridized carbons (Fsp3) is 0.0952. The van der Waals surface area contributed by atoms with Gasteiger partial charge in [-0.2, -0.15) is 0 Å². The number of halogens is 1. The van der Waals surface area contributed by atoms with Gasteiger partial charge in [-0.05, 0) is 49.4 Å². The molecule has 2 aromatic carbocycles. The van der Waals surface area contributed by atoms with Gasteiger partial charge in [0.2, 0.25) is 0 Å². The summed E-state index contributed by atoms with van der Waals surface area (Å²) < 4.78 is 14.8. The number of nitrogens with one attached hydrogen (secondary N) is 1. The first-order chi connectivity index (χ1) is 14.6. The van der Waals surface area contributed by atoms with E-state index in [1.165, 1.54) is 36.0 Å². The lowest BCUT2D eigenvalue weighted by Crippen LogP contribution is -2.15. The molecule has 0 saturated heterocycles. The summed E-state index contributed by atoms with van der Waals surface area (Å²) in [5, 5.41) is 11.6. The lowest BCUT2D eigenvalue weighted by atomic mass is 10.2. The molecule has 7 nitrogen and oxygen atoms in total. The molecule has 0 fully saturated rings. The van der Waals surface area contributed by atoms with Crippen molar-refractivity contribution in [3.63, 3.8) is 0 Å². The van der Waals surface area contributed by atoms with E-state index in [0.29, 0.717) is 22.3 Å². The van der Waals surface area contributed by atoms with Crippen LogP contribution < -0.4 is 5.32 Å². The zero-order chi connectivity index (χ0) is 20.9. The Kier molecular flexibility index (Phi) is 5.80. The molecule has 0 spiro atoms. The Balaban J connectivity index is 1.65. The Morgan fingerprint density at radius 3 is 2.47 bits per heavy atom. The van der Waals surface area contributed by atoms with Crippen LogP contribution in [0.25, 0.3) is 5.69 Å². The van der Waals surface area contributed by atoms with Crippen molar-refractivity contribution in [2.75, 3.05) is 5.32 Å². The van der Waals surface area contributed by atoms with E-state index in [9.17, 15) is 9.18 Å². The van der Waals surface area contributed by atoms with Crippen molar-refractivity contribution in [3.05, 3.63) is 89.8 Å². The van der Waals surface area contributed by atoms with Crippen LogP contribution in [-0.4, -0.2) is 30.9 Å². The highest BCUT2D eigenvalue weighted by atomic mass is 32.2. The minimum Gasteiger partial charge on any atom is -0.321 e. The molecule has 1 amide bonds. The molecular formula is C21H17FN6OS. The quantitative estimate of drug-likeness (QED) is 0.374. The molecule has 4 rings (SSSR count). The van der Waals surface area contributed by atoms with Gasteiger partial charge in [0, 0.05) is 23.8 Å². The van der Waals surface area contributed by atoms with Crippen LogP contribution in [0.3, 0.4) is 0 Å². The Bertz CT molecular complexity index is 1150. The molecule has 1 N–H and O–H groups in total. The standard InChI is InChI=1S/C21H17FN6OS/c1-14-3-9-17(10-4-14)28-18(13-30-21-23-11-2-12-24-21)19(26-27-28)20(29)25-16-7-5-15(22)6-8-16/h2-12H,13H2,1H3,(H,25,29). The largest absolute Gasteiger partial charge is 0.321 e. The van der Waals surface area contributed by atoms with E-state index in [1.807, 2.05) is 31.2 Å². The van der Waals surface area contributed by atoms with Gasteiger partial charge in [0.25, 0.3) is 5.91 Å². The maximum absolute atomic E-state index is 13.1. The van der Waals surface area contributed by atoms with Crippen LogP contribution in [0, 0.1) is 12.7 Å². The van der Waals surface area contributed by atoms with E-state index in [4.69, 9.17) is 0 Å². The molecule has 0 aliphatic carbocycles. The van der Waals surface area contributed by atoms with Gasteiger partial charge in [-0.15, -0.1) is 5.10 Å². The second kappa shape index (κ2) is 8.83. The highest BCUT2D eigenvalue weighted by Gasteiger charge is 2.21. The van der Waals surface area contributed by atoms with Crippen molar-refractivity contribution >= 4 is 23.4 Å². The first-order valence-electron chi connectivity index (χ1n) is 9.08. The number of carbonyl (C=O) groups is 1. The number of rotatable bonds is 6. The van der Waals surface area contributed by atoms with Gasteiger partial charge in [-0.3, -0.25) is 4.79 Å². The van der Waals surface area contributed by atoms with Gasteiger partial charge < -0.3 is 5.32 Å². The number of amides is 1. The summed E-state index contributed by atoms with van der Waals surface area (Å²) >= 11 is 1.38. The molecular weight excluding hydrogens is 403 g/mol. The zero-order valence-electron chi connectivity index (χ0n) is 16.0. The number of nitrogens with zero attached hydrogens (tertiary/aromatic N) is 5. The average molecular weight is 420 g/mol. The van der Waals surface area contributed by atoms with Gasteiger partial charge in [0.05, 0.1) is 11.4 Å². The van der Waals surface area contributed by atoms with Crippen molar-refractivity contribution in [1.29, 1.82) is 0 Å².